The molecule has 1 aliphatic carbocycles. The number of rotatable bonds is 4. The molecule has 0 radical (unpaired) electrons. The van der Waals surface area contributed by atoms with Gasteiger partial charge in [-0.05, 0) is 44.6 Å². The van der Waals surface area contributed by atoms with Crippen molar-refractivity contribution in [3.8, 4) is 0 Å². The first kappa shape index (κ1) is 11.9. The van der Waals surface area contributed by atoms with Gasteiger partial charge in [0, 0.05) is 12.6 Å². The number of aliphatic hydroxyl groups is 1. The highest BCUT2D eigenvalue weighted by Crippen LogP contribution is 2.37. The van der Waals surface area contributed by atoms with E-state index in [1.54, 1.807) is 0 Å². The van der Waals surface area contributed by atoms with Crippen molar-refractivity contribution in [3.63, 3.8) is 0 Å². The molecule has 0 aromatic carbocycles. The average molecular weight is 226 g/mol. The fourth-order valence-electron chi connectivity index (χ4n) is 3.07. The van der Waals surface area contributed by atoms with Crippen LogP contribution in [0.1, 0.15) is 32.6 Å². The third-order valence-corrected chi connectivity index (χ3v) is 3.98. The number of hydrogen-bond acceptors (Lipinski definition) is 3. The van der Waals surface area contributed by atoms with Gasteiger partial charge in [0.15, 0.2) is 0 Å². The van der Waals surface area contributed by atoms with Crippen LogP contribution in [-0.4, -0.2) is 36.2 Å². The second-order valence-corrected chi connectivity index (χ2v) is 5.16. The van der Waals surface area contributed by atoms with E-state index in [-0.39, 0.29) is 24.6 Å². The molecule has 0 aromatic heterocycles. The fraction of sp³-hybridized carbons (Fsp3) is 0.917. The van der Waals surface area contributed by atoms with Crippen LogP contribution >= 0.6 is 0 Å². The summed E-state index contributed by atoms with van der Waals surface area (Å²) in [6.45, 7) is 3.07. The van der Waals surface area contributed by atoms with Crippen LogP contribution in [0, 0.1) is 11.8 Å². The van der Waals surface area contributed by atoms with E-state index in [9.17, 15) is 4.79 Å². The maximum atomic E-state index is 12.0. The fourth-order valence-corrected chi connectivity index (χ4v) is 3.07. The number of aliphatic hydroxyl groups excluding tert-OH is 1. The zero-order chi connectivity index (χ0) is 11.5. The Morgan fingerprint density at radius 1 is 1.56 bits per heavy atom. The Labute approximate surface area is 96.8 Å². The molecular weight excluding hydrogens is 204 g/mol. The van der Waals surface area contributed by atoms with Gasteiger partial charge in [0.2, 0.25) is 5.91 Å². The van der Waals surface area contributed by atoms with Gasteiger partial charge in [-0.1, -0.05) is 6.42 Å². The Balaban J connectivity index is 1.85. The zero-order valence-electron chi connectivity index (χ0n) is 9.91. The number of hydrogen-bond donors (Lipinski definition) is 3. The van der Waals surface area contributed by atoms with E-state index in [4.69, 9.17) is 5.11 Å². The molecule has 1 heterocycles. The van der Waals surface area contributed by atoms with Crippen LogP contribution in [-0.2, 0) is 4.79 Å². The molecular formula is C12H22N2O2. The molecule has 1 saturated carbocycles. The number of nitrogens with one attached hydrogen (secondary N) is 2. The second kappa shape index (κ2) is 5.15. The molecule has 3 N–H and O–H groups in total. The standard InChI is InChI=1S/C12H22N2O2/c1-8(5-6-15)14-12(16)11-10-4-2-3-9(10)7-13-11/h8-11,13,15H,2-7H2,1H3,(H,14,16). The summed E-state index contributed by atoms with van der Waals surface area (Å²) in [6.07, 6.45) is 4.36. The largest absolute Gasteiger partial charge is 0.396 e. The van der Waals surface area contributed by atoms with Crippen LogP contribution < -0.4 is 10.6 Å². The van der Waals surface area contributed by atoms with Crippen LogP contribution in [0.15, 0.2) is 0 Å². The van der Waals surface area contributed by atoms with Crippen LogP contribution in [0.5, 0.6) is 0 Å². The summed E-state index contributed by atoms with van der Waals surface area (Å²) >= 11 is 0. The van der Waals surface area contributed by atoms with Crippen molar-refractivity contribution < 1.29 is 9.90 Å². The summed E-state index contributed by atoms with van der Waals surface area (Å²) in [4.78, 5) is 12.0. The van der Waals surface area contributed by atoms with Gasteiger partial charge < -0.3 is 15.7 Å². The average Bonchev–Trinajstić information content (AvgIpc) is 2.77. The molecule has 16 heavy (non-hydrogen) atoms. The molecule has 4 unspecified atom stereocenters. The smallest absolute Gasteiger partial charge is 0.237 e. The lowest BCUT2D eigenvalue weighted by Crippen LogP contribution is -2.47. The van der Waals surface area contributed by atoms with E-state index in [0.29, 0.717) is 18.3 Å². The first-order valence-electron chi connectivity index (χ1n) is 6.37. The molecule has 2 fully saturated rings. The molecule has 0 bridgehead atoms. The van der Waals surface area contributed by atoms with Crippen LogP contribution in [0.3, 0.4) is 0 Å². The quantitative estimate of drug-likeness (QED) is 0.644. The zero-order valence-corrected chi connectivity index (χ0v) is 9.91. The van der Waals surface area contributed by atoms with Crippen molar-refractivity contribution in [2.75, 3.05) is 13.2 Å². The highest BCUT2D eigenvalue weighted by atomic mass is 16.3. The van der Waals surface area contributed by atoms with E-state index < -0.39 is 0 Å². The van der Waals surface area contributed by atoms with Crippen molar-refractivity contribution in [3.05, 3.63) is 0 Å². The Kier molecular flexibility index (Phi) is 3.82. The monoisotopic (exact) mass is 226 g/mol. The Bertz CT molecular complexity index is 257. The van der Waals surface area contributed by atoms with Gasteiger partial charge in [0.05, 0.1) is 6.04 Å². The van der Waals surface area contributed by atoms with E-state index in [2.05, 4.69) is 10.6 Å². The lowest BCUT2D eigenvalue weighted by molar-refractivity contribution is -0.124. The molecule has 4 atom stereocenters. The Morgan fingerprint density at radius 3 is 3.12 bits per heavy atom. The minimum absolute atomic E-state index is 0.00800. The molecule has 1 aliphatic heterocycles. The van der Waals surface area contributed by atoms with Gasteiger partial charge in [0.25, 0.3) is 0 Å². The number of fused-ring (bicyclic) bond motifs is 1. The van der Waals surface area contributed by atoms with Crippen molar-refractivity contribution in [2.24, 2.45) is 11.8 Å². The molecule has 2 rings (SSSR count). The predicted molar refractivity (Wildman–Crippen MR) is 61.9 cm³/mol. The van der Waals surface area contributed by atoms with E-state index >= 15 is 0 Å². The number of carbonyl (C=O) groups is 1. The first-order chi connectivity index (χ1) is 7.72. The Hall–Kier alpha value is -0.610. The van der Waals surface area contributed by atoms with E-state index in [1.807, 2.05) is 6.92 Å². The van der Waals surface area contributed by atoms with Crippen LogP contribution in [0.4, 0.5) is 0 Å². The molecule has 0 aromatic rings. The number of amides is 1. The van der Waals surface area contributed by atoms with Gasteiger partial charge in [-0.15, -0.1) is 0 Å². The van der Waals surface area contributed by atoms with E-state index in [0.717, 1.165) is 6.54 Å². The van der Waals surface area contributed by atoms with Gasteiger partial charge in [-0.3, -0.25) is 4.79 Å². The third kappa shape index (κ3) is 2.38. The molecule has 4 heteroatoms. The molecule has 2 aliphatic rings. The topological polar surface area (TPSA) is 61.4 Å². The van der Waals surface area contributed by atoms with Gasteiger partial charge in [-0.25, -0.2) is 0 Å². The highest BCUT2D eigenvalue weighted by Gasteiger charge is 2.42. The summed E-state index contributed by atoms with van der Waals surface area (Å²) < 4.78 is 0. The highest BCUT2D eigenvalue weighted by molar-refractivity contribution is 5.82. The van der Waals surface area contributed by atoms with Gasteiger partial charge in [0.1, 0.15) is 0 Å². The van der Waals surface area contributed by atoms with Crippen molar-refractivity contribution in [2.45, 2.75) is 44.7 Å². The summed E-state index contributed by atoms with van der Waals surface area (Å²) in [5.41, 5.74) is 0. The molecule has 92 valence electrons. The summed E-state index contributed by atoms with van der Waals surface area (Å²) in [7, 11) is 0. The maximum absolute atomic E-state index is 12.0. The molecule has 4 nitrogen and oxygen atoms in total. The minimum Gasteiger partial charge on any atom is -0.396 e. The third-order valence-electron chi connectivity index (χ3n) is 3.98. The second-order valence-electron chi connectivity index (χ2n) is 5.16. The maximum Gasteiger partial charge on any atom is 0.237 e. The van der Waals surface area contributed by atoms with Crippen LogP contribution in [0.2, 0.25) is 0 Å². The lowest BCUT2D eigenvalue weighted by atomic mass is 9.93. The minimum atomic E-state index is 0.00800. The van der Waals surface area contributed by atoms with Crippen molar-refractivity contribution in [1.29, 1.82) is 0 Å². The molecule has 1 saturated heterocycles. The first-order valence-corrected chi connectivity index (χ1v) is 6.37. The normalized spacial score (nSPS) is 34.8. The van der Waals surface area contributed by atoms with Crippen LogP contribution in [0.25, 0.3) is 0 Å². The molecule has 1 amide bonds. The Morgan fingerprint density at radius 2 is 2.38 bits per heavy atom. The lowest BCUT2D eigenvalue weighted by Gasteiger charge is -2.20. The summed E-state index contributed by atoms with van der Waals surface area (Å²) in [5.74, 6) is 1.38. The summed E-state index contributed by atoms with van der Waals surface area (Å²) in [5, 5.41) is 15.1. The van der Waals surface area contributed by atoms with Gasteiger partial charge in [-0.2, -0.15) is 0 Å². The predicted octanol–water partition coefficient (Wildman–Crippen LogP) is 0.262. The SMILES string of the molecule is CC(CCO)NC(=O)C1NCC2CCCC21. The van der Waals surface area contributed by atoms with Crippen molar-refractivity contribution in [1.82, 2.24) is 10.6 Å². The van der Waals surface area contributed by atoms with Crippen molar-refractivity contribution >= 4 is 5.91 Å². The van der Waals surface area contributed by atoms with E-state index in [1.165, 1.54) is 19.3 Å². The van der Waals surface area contributed by atoms with Gasteiger partial charge >= 0.3 is 0 Å². The molecule has 0 spiro atoms. The summed E-state index contributed by atoms with van der Waals surface area (Å²) in [6, 6.07) is 0.0772. The number of carbonyl (C=O) groups excluding carboxylic acids is 1.